The third-order valence-corrected chi connectivity index (χ3v) is 4.92. The molecule has 1 amide bonds. The van der Waals surface area contributed by atoms with Crippen molar-refractivity contribution < 1.29 is 14.3 Å². The molecule has 3 rings (SSSR count). The SMILES string of the molecule is CCc1nc(C2Nc3cc(OC)c(OC)cc3C(=O)N2C)cs1. The molecule has 7 heteroatoms. The van der Waals surface area contributed by atoms with Gasteiger partial charge >= 0.3 is 0 Å². The lowest BCUT2D eigenvalue weighted by atomic mass is 10.1. The van der Waals surface area contributed by atoms with Crippen LogP contribution in [0.1, 0.15) is 34.1 Å². The number of carbonyl (C=O) groups is 1. The molecule has 1 aromatic carbocycles. The van der Waals surface area contributed by atoms with Crippen molar-refractivity contribution in [1.29, 1.82) is 0 Å². The Morgan fingerprint density at radius 1 is 1.30 bits per heavy atom. The molecule has 23 heavy (non-hydrogen) atoms. The van der Waals surface area contributed by atoms with Gasteiger partial charge in [0, 0.05) is 18.5 Å². The van der Waals surface area contributed by atoms with E-state index >= 15 is 0 Å². The zero-order chi connectivity index (χ0) is 16.6. The van der Waals surface area contributed by atoms with E-state index in [1.165, 1.54) is 0 Å². The minimum Gasteiger partial charge on any atom is -0.493 e. The number of carbonyl (C=O) groups excluding carboxylic acids is 1. The number of ether oxygens (including phenoxy) is 2. The van der Waals surface area contributed by atoms with E-state index in [-0.39, 0.29) is 12.1 Å². The van der Waals surface area contributed by atoms with Crippen LogP contribution in [0.2, 0.25) is 0 Å². The Hall–Kier alpha value is -2.28. The molecule has 0 spiro atoms. The Labute approximate surface area is 139 Å². The maximum absolute atomic E-state index is 12.7. The first-order valence-corrected chi connectivity index (χ1v) is 8.21. The minimum atomic E-state index is -0.287. The van der Waals surface area contributed by atoms with Crippen LogP contribution in [0.4, 0.5) is 5.69 Å². The van der Waals surface area contributed by atoms with Crippen LogP contribution in [0.5, 0.6) is 11.5 Å². The van der Waals surface area contributed by atoms with Crippen molar-refractivity contribution in [1.82, 2.24) is 9.88 Å². The molecule has 0 fully saturated rings. The highest BCUT2D eigenvalue weighted by Gasteiger charge is 2.33. The van der Waals surface area contributed by atoms with Crippen LogP contribution in [0.25, 0.3) is 0 Å². The Morgan fingerprint density at radius 2 is 2.00 bits per heavy atom. The summed E-state index contributed by atoms with van der Waals surface area (Å²) in [6, 6.07) is 3.49. The highest BCUT2D eigenvalue weighted by Crippen LogP contribution is 2.39. The van der Waals surface area contributed by atoms with E-state index in [0.29, 0.717) is 17.1 Å². The average molecular weight is 333 g/mol. The van der Waals surface area contributed by atoms with Gasteiger partial charge in [-0.15, -0.1) is 11.3 Å². The number of amides is 1. The Bertz CT molecular complexity index is 744. The number of thiazole rings is 1. The van der Waals surface area contributed by atoms with E-state index < -0.39 is 0 Å². The van der Waals surface area contributed by atoms with Crippen molar-refractivity contribution >= 4 is 22.9 Å². The maximum atomic E-state index is 12.7. The van der Waals surface area contributed by atoms with Crippen LogP contribution in [0.15, 0.2) is 17.5 Å². The lowest BCUT2D eigenvalue weighted by Crippen LogP contribution is -2.40. The number of hydrogen-bond donors (Lipinski definition) is 1. The molecule has 1 unspecified atom stereocenters. The highest BCUT2D eigenvalue weighted by molar-refractivity contribution is 7.09. The summed E-state index contributed by atoms with van der Waals surface area (Å²) in [7, 11) is 4.90. The first kappa shape index (κ1) is 15.6. The van der Waals surface area contributed by atoms with Crippen molar-refractivity contribution in [2.75, 3.05) is 26.6 Å². The van der Waals surface area contributed by atoms with Gasteiger partial charge in [-0.3, -0.25) is 4.79 Å². The molecule has 1 aliphatic rings. The van der Waals surface area contributed by atoms with Crippen molar-refractivity contribution in [3.05, 3.63) is 33.8 Å². The number of aryl methyl sites for hydroxylation is 1. The lowest BCUT2D eigenvalue weighted by molar-refractivity contribution is 0.0732. The Balaban J connectivity index is 2.02. The molecule has 6 nitrogen and oxygen atoms in total. The van der Waals surface area contributed by atoms with E-state index in [4.69, 9.17) is 9.47 Å². The maximum Gasteiger partial charge on any atom is 0.257 e. The van der Waals surface area contributed by atoms with E-state index in [1.54, 1.807) is 49.6 Å². The first-order chi connectivity index (χ1) is 11.1. The molecular weight excluding hydrogens is 314 g/mol. The molecular formula is C16H19N3O3S. The number of nitrogens with one attached hydrogen (secondary N) is 1. The van der Waals surface area contributed by atoms with Crippen molar-refractivity contribution in [2.24, 2.45) is 0 Å². The second-order valence-corrected chi connectivity index (χ2v) is 6.18. The minimum absolute atomic E-state index is 0.0734. The number of benzene rings is 1. The fourth-order valence-corrected chi connectivity index (χ4v) is 3.38. The largest absolute Gasteiger partial charge is 0.493 e. The second-order valence-electron chi connectivity index (χ2n) is 5.24. The van der Waals surface area contributed by atoms with Crippen molar-refractivity contribution in [3.8, 4) is 11.5 Å². The number of fused-ring (bicyclic) bond motifs is 1. The summed E-state index contributed by atoms with van der Waals surface area (Å²) in [6.07, 6.45) is 0.598. The zero-order valence-electron chi connectivity index (χ0n) is 13.5. The number of nitrogens with zero attached hydrogens (tertiary/aromatic N) is 2. The number of anilines is 1. The van der Waals surface area contributed by atoms with Crippen LogP contribution < -0.4 is 14.8 Å². The van der Waals surface area contributed by atoms with Crippen molar-refractivity contribution in [3.63, 3.8) is 0 Å². The van der Waals surface area contributed by atoms with Crippen LogP contribution in [-0.2, 0) is 6.42 Å². The normalized spacial score (nSPS) is 16.8. The zero-order valence-corrected chi connectivity index (χ0v) is 14.4. The summed E-state index contributed by atoms with van der Waals surface area (Å²) in [5.41, 5.74) is 2.14. The van der Waals surface area contributed by atoms with Gasteiger partial charge in [0.15, 0.2) is 11.5 Å². The van der Waals surface area contributed by atoms with E-state index in [0.717, 1.165) is 22.8 Å². The van der Waals surface area contributed by atoms with E-state index in [9.17, 15) is 4.79 Å². The predicted molar refractivity (Wildman–Crippen MR) is 89.5 cm³/mol. The smallest absolute Gasteiger partial charge is 0.257 e. The second kappa shape index (κ2) is 6.08. The molecule has 1 N–H and O–H groups in total. The molecule has 1 aliphatic heterocycles. The molecule has 1 aromatic heterocycles. The van der Waals surface area contributed by atoms with Crippen LogP contribution >= 0.6 is 11.3 Å². The van der Waals surface area contributed by atoms with Gasteiger partial charge in [0.25, 0.3) is 5.91 Å². The first-order valence-electron chi connectivity index (χ1n) is 7.33. The predicted octanol–water partition coefficient (Wildman–Crippen LogP) is 2.92. The van der Waals surface area contributed by atoms with Crippen LogP contribution in [0.3, 0.4) is 0 Å². The number of aromatic nitrogens is 1. The average Bonchev–Trinajstić information content (AvgIpc) is 3.05. The van der Waals surface area contributed by atoms with Gasteiger partial charge < -0.3 is 19.7 Å². The summed E-state index contributed by atoms with van der Waals surface area (Å²) in [5.74, 6) is 1.05. The van der Waals surface area contributed by atoms with Gasteiger partial charge in [0.2, 0.25) is 0 Å². The number of hydrogen-bond acceptors (Lipinski definition) is 6. The summed E-state index contributed by atoms with van der Waals surface area (Å²) >= 11 is 1.61. The van der Waals surface area contributed by atoms with Gasteiger partial charge in [-0.1, -0.05) is 6.92 Å². The molecule has 0 saturated heterocycles. The molecule has 2 aromatic rings. The van der Waals surface area contributed by atoms with Crippen LogP contribution in [0, 0.1) is 0 Å². The lowest BCUT2D eigenvalue weighted by Gasteiger charge is -2.34. The molecule has 0 bridgehead atoms. The van der Waals surface area contributed by atoms with Crippen molar-refractivity contribution in [2.45, 2.75) is 19.5 Å². The molecule has 122 valence electrons. The van der Waals surface area contributed by atoms with E-state index in [2.05, 4.69) is 17.2 Å². The standard InChI is InChI=1S/C16H19N3O3S/c1-5-14-17-11(8-23-14)15-18-10-7-13(22-4)12(21-3)6-9(10)16(20)19(15)2/h6-8,15,18H,5H2,1-4H3. The van der Waals surface area contributed by atoms with Gasteiger partial charge in [-0.2, -0.15) is 0 Å². The topological polar surface area (TPSA) is 63.7 Å². The molecule has 1 atom stereocenters. The quantitative estimate of drug-likeness (QED) is 0.932. The summed E-state index contributed by atoms with van der Waals surface area (Å²) in [4.78, 5) is 19.0. The van der Waals surface area contributed by atoms with Gasteiger partial charge in [-0.25, -0.2) is 4.98 Å². The Kier molecular flexibility index (Phi) is 4.12. The van der Waals surface area contributed by atoms with Gasteiger partial charge in [0.1, 0.15) is 6.17 Å². The molecule has 0 saturated carbocycles. The number of rotatable bonds is 4. The van der Waals surface area contributed by atoms with Gasteiger partial charge in [0.05, 0.1) is 36.2 Å². The highest BCUT2D eigenvalue weighted by atomic mass is 32.1. The molecule has 0 radical (unpaired) electrons. The van der Waals surface area contributed by atoms with E-state index in [1.807, 2.05) is 5.38 Å². The fourth-order valence-electron chi connectivity index (χ4n) is 2.61. The summed E-state index contributed by atoms with van der Waals surface area (Å²) in [5, 5.41) is 6.42. The summed E-state index contributed by atoms with van der Waals surface area (Å²) in [6.45, 7) is 2.07. The fraction of sp³-hybridized carbons (Fsp3) is 0.375. The number of methoxy groups -OCH3 is 2. The third-order valence-electron chi connectivity index (χ3n) is 3.91. The summed E-state index contributed by atoms with van der Waals surface area (Å²) < 4.78 is 10.6. The van der Waals surface area contributed by atoms with Crippen LogP contribution in [-0.4, -0.2) is 37.1 Å². The molecule has 0 aliphatic carbocycles. The molecule has 2 heterocycles. The Morgan fingerprint density at radius 3 is 2.61 bits per heavy atom. The monoisotopic (exact) mass is 333 g/mol. The van der Waals surface area contributed by atoms with Gasteiger partial charge in [-0.05, 0) is 12.5 Å². The third kappa shape index (κ3) is 2.61.